The number of carbonyl (C=O) groups excluding carboxylic acids is 1. The smallest absolute Gasteiger partial charge is 0.418 e. The maximum absolute atomic E-state index is 13.4. The second-order valence-electron chi connectivity index (χ2n) is 4.56. The van der Waals surface area contributed by atoms with Gasteiger partial charge in [-0.25, -0.2) is 9.18 Å². The first-order valence-corrected chi connectivity index (χ1v) is 6.97. The Kier molecular flexibility index (Phi) is 4.57. The van der Waals surface area contributed by atoms with Crippen LogP contribution in [0.25, 0.3) is 5.69 Å². The molecule has 10 heteroatoms. The molecule has 2 aromatic rings. The molecule has 24 heavy (non-hydrogen) atoms. The van der Waals surface area contributed by atoms with Crippen LogP contribution in [0.5, 0.6) is 0 Å². The summed E-state index contributed by atoms with van der Waals surface area (Å²) in [6, 6.07) is 2.75. The number of alkyl halides is 3. The van der Waals surface area contributed by atoms with Crippen molar-refractivity contribution in [3.05, 3.63) is 45.4 Å². The summed E-state index contributed by atoms with van der Waals surface area (Å²) < 4.78 is 58.3. The van der Waals surface area contributed by atoms with Gasteiger partial charge < -0.3 is 15.0 Å². The fraction of sp³-hybridized carbons (Fsp3) is 0.143. The maximum atomic E-state index is 13.4. The lowest BCUT2D eigenvalue weighted by Gasteiger charge is -2.17. The van der Waals surface area contributed by atoms with E-state index < -0.39 is 34.9 Å². The van der Waals surface area contributed by atoms with Gasteiger partial charge in [0.1, 0.15) is 11.9 Å². The second kappa shape index (κ2) is 6.16. The molecule has 0 radical (unpaired) electrons. The van der Waals surface area contributed by atoms with E-state index in [1.54, 1.807) is 6.07 Å². The number of halogens is 5. The first-order chi connectivity index (χ1) is 11.1. The van der Waals surface area contributed by atoms with Gasteiger partial charge in [0.2, 0.25) is 0 Å². The third kappa shape index (κ3) is 2.94. The van der Waals surface area contributed by atoms with Crippen molar-refractivity contribution in [3.8, 4) is 11.8 Å². The number of nitrogens with zero attached hydrogens (tertiary/aromatic N) is 2. The van der Waals surface area contributed by atoms with Crippen molar-refractivity contribution >= 4 is 27.6 Å². The number of methoxy groups -OCH3 is 1. The van der Waals surface area contributed by atoms with Crippen LogP contribution in [0.3, 0.4) is 0 Å². The molecule has 0 atom stereocenters. The van der Waals surface area contributed by atoms with E-state index in [1.807, 2.05) is 0 Å². The molecule has 2 N–H and O–H groups in total. The van der Waals surface area contributed by atoms with Gasteiger partial charge in [0, 0.05) is 10.7 Å². The molecule has 0 spiro atoms. The summed E-state index contributed by atoms with van der Waals surface area (Å²) in [6.07, 6.45) is -3.96. The predicted octanol–water partition coefficient (Wildman–Crippen LogP) is 3.64. The number of benzene rings is 1. The van der Waals surface area contributed by atoms with Crippen LogP contribution in [0, 0.1) is 17.1 Å². The highest BCUT2D eigenvalue weighted by Crippen LogP contribution is 2.40. The molecule has 0 aliphatic carbocycles. The molecule has 0 amide bonds. The van der Waals surface area contributed by atoms with Gasteiger partial charge in [-0.05, 0) is 28.1 Å². The van der Waals surface area contributed by atoms with Crippen LogP contribution in [0.15, 0.2) is 22.8 Å². The lowest BCUT2D eigenvalue weighted by atomic mass is 10.1. The molecule has 0 fully saturated rings. The molecule has 0 aliphatic rings. The predicted molar refractivity (Wildman–Crippen MR) is 78.9 cm³/mol. The van der Waals surface area contributed by atoms with E-state index in [2.05, 4.69) is 20.7 Å². The van der Waals surface area contributed by atoms with Crippen LogP contribution in [0.1, 0.15) is 21.6 Å². The monoisotopic (exact) mass is 405 g/mol. The number of hydrogen-bond acceptors (Lipinski definition) is 4. The number of ether oxygens (including phenoxy) is 1. The number of hydrogen-bond donors (Lipinski definition) is 1. The van der Waals surface area contributed by atoms with E-state index in [1.165, 1.54) is 0 Å². The quantitative estimate of drug-likeness (QED) is 0.610. The maximum Gasteiger partial charge on any atom is 0.418 e. The van der Waals surface area contributed by atoms with Gasteiger partial charge in [0.15, 0.2) is 5.69 Å². The van der Waals surface area contributed by atoms with Gasteiger partial charge in [0.25, 0.3) is 0 Å². The lowest BCUT2D eigenvalue weighted by molar-refractivity contribution is -0.137. The summed E-state index contributed by atoms with van der Waals surface area (Å²) in [6.45, 7) is 0. The zero-order valence-corrected chi connectivity index (χ0v) is 13.5. The second-order valence-corrected chi connectivity index (χ2v) is 5.41. The topological polar surface area (TPSA) is 81.0 Å². The number of aromatic nitrogens is 1. The van der Waals surface area contributed by atoms with Crippen LogP contribution in [0.4, 0.5) is 23.2 Å². The Hall–Kier alpha value is -2.54. The first kappa shape index (κ1) is 17.8. The fourth-order valence-electron chi connectivity index (χ4n) is 2.12. The van der Waals surface area contributed by atoms with Crippen LogP contribution in [-0.2, 0) is 10.9 Å². The molecule has 0 saturated carbocycles. The molecule has 126 valence electrons. The summed E-state index contributed by atoms with van der Waals surface area (Å²) >= 11 is 2.85. The van der Waals surface area contributed by atoms with Crippen LogP contribution >= 0.6 is 15.9 Å². The highest BCUT2D eigenvalue weighted by atomic mass is 79.9. The van der Waals surface area contributed by atoms with E-state index in [9.17, 15) is 22.4 Å². The molecule has 0 aliphatic heterocycles. The van der Waals surface area contributed by atoms with Gasteiger partial charge >= 0.3 is 12.1 Å². The molecule has 1 aromatic carbocycles. The summed E-state index contributed by atoms with van der Waals surface area (Å²) in [7, 11) is 1.01. The van der Waals surface area contributed by atoms with Crippen molar-refractivity contribution < 1.29 is 27.1 Å². The van der Waals surface area contributed by atoms with Crippen LogP contribution < -0.4 is 5.73 Å². The van der Waals surface area contributed by atoms with E-state index in [-0.39, 0.29) is 21.8 Å². The van der Waals surface area contributed by atoms with Crippen molar-refractivity contribution in [3.63, 3.8) is 0 Å². The summed E-state index contributed by atoms with van der Waals surface area (Å²) in [5.41, 5.74) is 2.69. The van der Waals surface area contributed by atoms with Gasteiger partial charge in [-0.3, -0.25) is 0 Å². The van der Waals surface area contributed by atoms with Crippen molar-refractivity contribution in [2.75, 3.05) is 12.8 Å². The minimum absolute atomic E-state index is 0.222. The lowest BCUT2D eigenvalue weighted by Crippen LogP contribution is -2.16. The van der Waals surface area contributed by atoms with Crippen LogP contribution in [0.2, 0.25) is 0 Å². The van der Waals surface area contributed by atoms with E-state index >= 15 is 0 Å². The van der Waals surface area contributed by atoms with E-state index in [4.69, 9.17) is 11.0 Å². The molecule has 1 aromatic heterocycles. The molecule has 0 bridgehead atoms. The Morgan fingerprint density at radius 1 is 1.42 bits per heavy atom. The highest BCUT2D eigenvalue weighted by Gasteiger charge is 2.37. The average Bonchev–Trinajstić information content (AvgIpc) is 2.81. The molecule has 5 nitrogen and oxygen atoms in total. The average molecular weight is 406 g/mol. The zero-order valence-electron chi connectivity index (χ0n) is 11.9. The minimum atomic E-state index is -4.92. The van der Waals surface area contributed by atoms with E-state index in [0.717, 1.165) is 23.9 Å². The highest BCUT2D eigenvalue weighted by molar-refractivity contribution is 9.10. The van der Waals surface area contributed by atoms with Crippen molar-refractivity contribution in [1.82, 2.24) is 4.57 Å². The standard InChI is InChI=1S/C14H8BrF4N3O2/c1-24-13(23)12-10(21)6(4-20)5-22(12)11-8(14(17,18)19)2-7(16)3-9(11)15/h2-3,5H,21H2,1H3. The fourth-order valence-corrected chi connectivity index (χ4v) is 2.74. The van der Waals surface area contributed by atoms with Gasteiger partial charge in [-0.1, -0.05) is 0 Å². The minimum Gasteiger partial charge on any atom is -0.464 e. The van der Waals surface area contributed by atoms with Gasteiger partial charge in [-0.2, -0.15) is 18.4 Å². The Morgan fingerprint density at radius 2 is 2.04 bits per heavy atom. The molecule has 2 rings (SSSR count). The zero-order chi connectivity index (χ0) is 18.2. The molecular weight excluding hydrogens is 398 g/mol. The molecule has 1 heterocycles. The third-order valence-corrected chi connectivity index (χ3v) is 3.72. The first-order valence-electron chi connectivity index (χ1n) is 6.17. The Labute approximate surface area is 141 Å². The third-order valence-electron chi connectivity index (χ3n) is 3.12. The molecule has 0 saturated heterocycles. The number of esters is 1. The number of nitrogens with two attached hydrogens (primary N) is 1. The van der Waals surface area contributed by atoms with Gasteiger partial charge in [0.05, 0.1) is 29.6 Å². The number of nitrogen functional groups attached to an aromatic ring is 1. The Bertz CT molecular complexity index is 868. The van der Waals surface area contributed by atoms with Crippen LogP contribution in [-0.4, -0.2) is 17.6 Å². The molecule has 0 unspecified atom stereocenters. The van der Waals surface area contributed by atoms with Crippen molar-refractivity contribution in [2.24, 2.45) is 0 Å². The molecular formula is C14H8BrF4N3O2. The summed E-state index contributed by atoms with van der Waals surface area (Å²) in [5, 5.41) is 9.01. The Morgan fingerprint density at radius 3 is 2.54 bits per heavy atom. The number of anilines is 1. The Balaban J connectivity index is 2.93. The number of nitriles is 1. The summed E-state index contributed by atoms with van der Waals surface area (Å²) in [4.78, 5) is 11.9. The van der Waals surface area contributed by atoms with E-state index in [0.29, 0.717) is 0 Å². The number of rotatable bonds is 2. The summed E-state index contributed by atoms with van der Waals surface area (Å²) in [5.74, 6) is -2.17. The van der Waals surface area contributed by atoms with Gasteiger partial charge in [-0.15, -0.1) is 0 Å². The normalized spacial score (nSPS) is 11.2. The SMILES string of the molecule is COC(=O)c1c(N)c(C#N)cn1-c1c(Br)cc(F)cc1C(F)(F)F. The largest absolute Gasteiger partial charge is 0.464 e. The van der Waals surface area contributed by atoms with Crippen molar-refractivity contribution in [1.29, 1.82) is 5.26 Å². The van der Waals surface area contributed by atoms with Crippen molar-refractivity contribution in [2.45, 2.75) is 6.18 Å². The number of carbonyl (C=O) groups is 1.